The number of aryl methyl sites for hydroxylation is 2. The fourth-order valence-electron chi connectivity index (χ4n) is 2.86. The summed E-state index contributed by atoms with van der Waals surface area (Å²) in [6.45, 7) is 3.77. The number of ether oxygens (including phenoxy) is 1. The van der Waals surface area contributed by atoms with E-state index < -0.39 is 0 Å². The molecule has 168 valence electrons. The Kier molecular flexibility index (Phi) is 10.7. The van der Waals surface area contributed by atoms with Crippen LogP contribution in [0.3, 0.4) is 0 Å². The number of anilines is 1. The molecule has 3 rings (SSSR count). The van der Waals surface area contributed by atoms with Gasteiger partial charge in [0.1, 0.15) is 11.8 Å². The van der Waals surface area contributed by atoms with Crippen LogP contribution in [-0.4, -0.2) is 20.1 Å². The lowest BCUT2D eigenvalue weighted by molar-refractivity contribution is 0.102. The first kappa shape index (κ1) is 26.7. The van der Waals surface area contributed by atoms with Crippen molar-refractivity contribution in [1.82, 2.24) is 0 Å². The number of hydrogen-bond acceptors (Lipinski definition) is 6. The summed E-state index contributed by atoms with van der Waals surface area (Å²) in [5, 5.41) is 29.5. The third-order valence-electron chi connectivity index (χ3n) is 4.31. The van der Waals surface area contributed by atoms with Crippen LogP contribution in [-0.2, 0) is 4.74 Å². The number of methoxy groups -OCH3 is 1. The van der Waals surface area contributed by atoms with Crippen LogP contribution in [0.4, 0.5) is 17.1 Å². The van der Waals surface area contributed by atoms with E-state index in [4.69, 9.17) is 5.26 Å². The first-order valence-electron chi connectivity index (χ1n) is 9.67. The van der Waals surface area contributed by atoms with Gasteiger partial charge in [0.2, 0.25) is 0 Å². The van der Waals surface area contributed by atoms with Crippen molar-refractivity contribution in [2.75, 3.05) is 19.5 Å². The molecular weight excluding hydrogens is 414 g/mol. The number of azo groups is 1. The summed E-state index contributed by atoms with van der Waals surface area (Å²) in [6, 6.07) is 21.3. The molecule has 3 aromatic rings. The predicted molar refractivity (Wildman–Crippen MR) is 130 cm³/mol. The van der Waals surface area contributed by atoms with Crippen molar-refractivity contribution in [2.24, 2.45) is 10.2 Å². The lowest BCUT2D eigenvalue weighted by Gasteiger charge is -2.12. The number of hydrogen-bond donors (Lipinski definition) is 1. The molecule has 7 nitrogen and oxygen atoms in total. The minimum atomic E-state index is -0.178. The van der Waals surface area contributed by atoms with E-state index in [9.17, 15) is 10.1 Å². The molecule has 0 unspecified atom stereocenters. The molecule has 1 amide bonds. The van der Waals surface area contributed by atoms with Crippen LogP contribution in [0.1, 0.15) is 40.0 Å². The first-order valence-corrected chi connectivity index (χ1v) is 9.67. The van der Waals surface area contributed by atoms with Crippen LogP contribution < -0.4 is 5.32 Å². The fraction of sp³-hybridized carbons (Fsp3) is 0.192. The van der Waals surface area contributed by atoms with Crippen LogP contribution in [0.2, 0.25) is 0 Å². The summed E-state index contributed by atoms with van der Waals surface area (Å²) >= 11 is 0. The quantitative estimate of drug-likeness (QED) is 0.459. The zero-order chi connectivity index (χ0) is 23.5. The molecule has 0 bridgehead atoms. The van der Waals surface area contributed by atoms with Gasteiger partial charge < -0.3 is 10.1 Å². The van der Waals surface area contributed by atoms with Crippen molar-refractivity contribution in [1.29, 1.82) is 10.5 Å². The summed E-state index contributed by atoms with van der Waals surface area (Å²) in [6.07, 6.45) is 0. The first-order chi connectivity index (χ1) is 15.4. The van der Waals surface area contributed by atoms with Gasteiger partial charge in [-0.3, -0.25) is 4.79 Å². The standard InChI is InChI=1S/C23H17N5O.C2H6O.CH4/c1-15-10-20(27-28-21-9-8-17(13-24)12-19(21)14-25)11-16(2)22(15)26-23(29)18-6-4-3-5-7-18;1-3-2;/h3-12H,1-2H3,(H,26,29);1-2H3;1H4. The third-order valence-corrected chi connectivity index (χ3v) is 4.31. The highest BCUT2D eigenvalue weighted by molar-refractivity contribution is 6.05. The van der Waals surface area contributed by atoms with Gasteiger partial charge in [-0.2, -0.15) is 15.6 Å². The number of benzene rings is 3. The molecule has 7 heteroatoms. The van der Waals surface area contributed by atoms with Crippen LogP contribution in [0.5, 0.6) is 0 Å². The molecule has 0 spiro atoms. The topological polar surface area (TPSA) is 111 Å². The van der Waals surface area contributed by atoms with E-state index in [1.54, 1.807) is 38.5 Å². The van der Waals surface area contributed by atoms with Crippen LogP contribution in [0.15, 0.2) is 70.9 Å². The van der Waals surface area contributed by atoms with E-state index in [-0.39, 0.29) is 18.9 Å². The number of carbonyl (C=O) groups excluding carboxylic acids is 1. The Labute approximate surface area is 195 Å². The van der Waals surface area contributed by atoms with Gasteiger partial charge in [-0.15, -0.1) is 5.11 Å². The summed E-state index contributed by atoms with van der Waals surface area (Å²) < 4.78 is 4.25. The monoisotopic (exact) mass is 441 g/mol. The van der Waals surface area contributed by atoms with E-state index in [0.29, 0.717) is 22.5 Å². The average molecular weight is 442 g/mol. The zero-order valence-corrected chi connectivity index (χ0v) is 18.4. The maximum absolute atomic E-state index is 12.4. The lowest BCUT2D eigenvalue weighted by Crippen LogP contribution is -2.13. The molecule has 33 heavy (non-hydrogen) atoms. The molecular formula is C26H27N5O2. The second-order valence-electron chi connectivity index (χ2n) is 6.84. The molecule has 0 heterocycles. The summed E-state index contributed by atoms with van der Waals surface area (Å²) in [7, 11) is 3.25. The Morgan fingerprint density at radius 1 is 0.909 bits per heavy atom. The van der Waals surface area contributed by atoms with Crippen molar-refractivity contribution >= 4 is 23.0 Å². The molecule has 0 atom stereocenters. The molecule has 0 aliphatic rings. The van der Waals surface area contributed by atoms with E-state index in [2.05, 4.69) is 20.3 Å². The average Bonchev–Trinajstić information content (AvgIpc) is 2.80. The van der Waals surface area contributed by atoms with Crippen LogP contribution in [0, 0.1) is 36.5 Å². The fourth-order valence-corrected chi connectivity index (χ4v) is 2.86. The van der Waals surface area contributed by atoms with E-state index in [1.807, 2.05) is 56.3 Å². The van der Waals surface area contributed by atoms with Crippen molar-refractivity contribution < 1.29 is 9.53 Å². The SMILES string of the molecule is C.COC.Cc1cc(N=Nc2ccc(C#N)cc2C#N)cc(C)c1NC(=O)c1ccccc1. The highest BCUT2D eigenvalue weighted by atomic mass is 16.4. The van der Waals surface area contributed by atoms with Gasteiger partial charge in [0.15, 0.2) is 0 Å². The maximum Gasteiger partial charge on any atom is 0.255 e. The Bertz CT molecular complexity index is 1180. The van der Waals surface area contributed by atoms with Gasteiger partial charge in [-0.1, -0.05) is 25.6 Å². The Morgan fingerprint density at radius 3 is 2.06 bits per heavy atom. The van der Waals surface area contributed by atoms with Gasteiger partial charge in [0.05, 0.1) is 22.9 Å². The smallest absolute Gasteiger partial charge is 0.255 e. The highest BCUT2D eigenvalue weighted by Gasteiger charge is 2.11. The number of rotatable bonds is 4. The highest BCUT2D eigenvalue weighted by Crippen LogP contribution is 2.29. The molecule has 0 aliphatic heterocycles. The van der Waals surface area contributed by atoms with Gasteiger partial charge in [0, 0.05) is 25.5 Å². The molecule has 0 fully saturated rings. The number of amides is 1. The van der Waals surface area contributed by atoms with E-state index >= 15 is 0 Å². The molecule has 3 aromatic carbocycles. The van der Waals surface area contributed by atoms with Crippen LogP contribution >= 0.6 is 0 Å². The number of nitrogens with one attached hydrogen (secondary N) is 1. The lowest BCUT2D eigenvalue weighted by atomic mass is 10.1. The predicted octanol–water partition coefficient (Wildman–Crippen LogP) is 6.61. The molecule has 0 saturated heterocycles. The van der Waals surface area contributed by atoms with Gasteiger partial charge in [-0.25, -0.2) is 0 Å². The molecule has 1 N–H and O–H groups in total. The molecule has 0 aromatic heterocycles. The van der Waals surface area contributed by atoms with Crippen molar-refractivity contribution in [2.45, 2.75) is 21.3 Å². The molecule has 0 radical (unpaired) electrons. The maximum atomic E-state index is 12.4. The zero-order valence-electron chi connectivity index (χ0n) is 18.4. The summed E-state index contributed by atoms with van der Waals surface area (Å²) in [5.41, 5.74) is 4.69. The Balaban J connectivity index is 0.00000129. The second-order valence-corrected chi connectivity index (χ2v) is 6.84. The van der Waals surface area contributed by atoms with Gasteiger partial charge >= 0.3 is 0 Å². The van der Waals surface area contributed by atoms with Gasteiger partial charge in [-0.05, 0) is 67.4 Å². The summed E-state index contributed by atoms with van der Waals surface area (Å²) in [4.78, 5) is 12.4. The normalized spacial score (nSPS) is 9.64. The van der Waals surface area contributed by atoms with Gasteiger partial charge in [0.25, 0.3) is 5.91 Å². The van der Waals surface area contributed by atoms with E-state index in [0.717, 1.165) is 16.8 Å². The van der Waals surface area contributed by atoms with Crippen molar-refractivity contribution in [3.63, 3.8) is 0 Å². The minimum absolute atomic E-state index is 0. The summed E-state index contributed by atoms with van der Waals surface area (Å²) in [5.74, 6) is -0.178. The van der Waals surface area contributed by atoms with E-state index in [1.165, 1.54) is 6.07 Å². The second kappa shape index (κ2) is 13.2. The number of nitriles is 2. The van der Waals surface area contributed by atoms with Crippen LogP contribution in [0.25, 0.3) is 0 Å². The minimum Gasteiger partial charge on any atom is -0.388 e. The molecule has 0 aliphatic carbocycles. The third kappa shape index (κ3) is 7.39. The van der Waals surface area contributed by atoms with Crippen molar-refractivity contribution in [3.8, 4) is 12.1 Å². The number of nitrogens with zero attached hydrogens (tertiary/aromatic N) is 4. The Hall–Kier alpha value is -4.33. The number of carbonyl (C=O) groups is 1. The largest absolute Gasteiger partial charge is 0.388 e. The van der Waals surface area contributed by atoms with Crippen molar-refractivity contribution in [3.05, 3.63) is 88.5 Å². The molecule has 0 saturated carbocycles. The Morgan fingerprint density at radius 2 is 1.52 bits per heavy atom.